The SMILES string of the molecule is Cc1ccc2[nH]c(CCC(=O)NC[C@@H]3CCCCO3)nc2c1C. The molecule has 1 amide bonds. The molecule has 1 aromatic carbocycles. The van der Waals surface area contributed by atoms with Crippen molar-refractivity contribution < 1.29 is 9.53 Å². The summed E-state index contributed by atoms with van der Waals surface area (Å²) in [7, 11) is 0. The summed E-state index contributed by atoms with van der Waals surface area (Å²) in [6, 6.07) is 4.14. The fourth-order valence-electron chi connectivity index (χ4n) is 3.00. The molecule has 0 saturated carbocycles. The lowest BCUT2D eigenvalue weighted by molar-refractivity contribution is -0.122. The Morgan fingerprint density at radius 1 is 1.39 bits per heavy atom. The molecule has 1 atom stereocenters. The third-order valence-corrected chi connectivity index (χ3v) is 4.62. The van der Waals surface area contributed by atoms with Gasteiger partial charge in [-0.05, 0) is 50.3 Å². The molecular weight excluding hydrogens is 290 g/mol. The number of hydrogen-bond acceptors (Lipinski definition) is 3. The van der Waals surface area contributed by atoms with Crippen LogP contribution in [-0.2, 0) is 16.0 Å². The molecule has 3 rings (SSSR count). The van der Waals surface area contributed by atoms with Crippen LogP contribution in [0.2, 0.25) is 0 Å². The third kappa shape index (κ3) is 3.91. The maximum Gasteiger partial charge on any atom is 0.220 e. The predicted octanol–water partition coefficient (Wildman–Crippen LogP) is 2.80. The number of aryl methyl sites for hydroxylation is 3. The van der Waals surface area contributed by atoms with Gasteiger partial charge in [-0.25, -0.2) is 4.98 Å². The number of fused-ring (bicyclic) bond motifs is 1. The van der Waals surface area contributed by atoms with Crippen LogP contribution in [0, 0.1) is 13.8 Å². The molecule has 0 unspecified atom stereocenters. The van der Waals surface area contributed by atoms with Crippen LogP contribution in [0.5, 0.6) is 0 Å². The number of ether oxygens (including phenoxy) is 1. The summed E-state index contributed by atoms with van der Waals surface area (Å²) in [4.78, 5) is 19.9. The molecule has 0 spiro atoms. The Bertz CT molecular complexity index is 687. The van der Waals surface area contributed by atoms with Gasteiger partial charge in [0.15, 0.2) is 0 Å². The fourth-order valence-corrected chi connectivity index (χ4v) is 3.00. The third-order valence-electron chi connectivity index (χ3n) is 4.62. The molecule has 0 aliphatic carbocycles. The molecular formula is C18H25N3O2. The van der Waals surface area contributed by atoms with E-state index in [1.165, 1.54) is 17.5 Å². The van der Waals surface area contributed by atoms with Gasteiger partial charge in [0, 0.05) is 26.0 Å². The van der Waals surface area contributed by atoms with Gasteiger partial charge in [-0.1, -0.05) is 6.07 Å². The highest BCUT2D eigenvalue weighted by Gasteiger charge is 2.15. The van der Waals surface area contributed by atoms with Gasteiger partial charge in [-0.2, -0.15) is 0 Å². The van der Waals surface area contributed by atoms with E-state index in [2.05, 4.69) is 41.3 Å². The maximum absolute atomic E-state index is 12.0. The van der Waals surface area contributed by atoms with E-state index in [-0.39, 0.29) is 12.0 Å². The van der Waals surface area contributed by atoms with E-state index in [0.717, 1.165) is 36.3 Å². The Kier molecular flexibility index (Phi) is 4.96. The zero-order valence-electron chi connectivity index (χ0n) is 13.9. The number of imidazole rings is 1. The Labute approximate surface area is 136 Å². The average molecular weight is 315 g/mol. The lowest BCUT2D eigenvalue weighted by Crippen LogP contribution is -2.35. The first kappa shape index (κ1) is 16.0. The number of hydrogen-bond donors (Lipinski definition) is 2. The van der Waals surface area contributed by atoms with Gasteiger partial charge < -0.3 is 15.0 Å². The van der Waals surface area contributed by atoms with Crippen molar-refractivity contribution in [3.8, 4) is 0 Å². The lowest BCUT2D eigenvalue weighted by Gasteiger charge is -2.22. The maximum atomic E-state index is 12.0. The molecule has 5 heteroatoms. The van der Waals surface area contributed by atoms with Crippen LogP contribution in [0.25, 0.3) is 11.0 Å². The Balaban J connectivity index is 1.51. The Morgan fingerprint density at radius 2 is 2.26 bits per heavy atom. The second-order valence-corrected chi connectivity index (χ2v) is 6.38. The van der Waals surface area contributed by atoms with Gasteiger partial charge in [0.25, 0.3) is 0 Å². The molecule has 1 fully saturated rings. The van der Waals surface area contributed by atoms with Crippen molar-refractivity contribution in [2.75, 3.05) is 13.2 Å². The van der Waals surface area contributed by atoms with Crippen LogP contribution in [-0.4, -0.2) is 35.1 Å². The summed E-state index contributed by atoms with van der Waals surface area (Å²) in [6.45, 7) is 5.61. The van der Waals surface area contributed by atoms with Gasteiger partial charge >= 0.3 is 0 Å². The summed E-state index contributed by atoms with van der Waals surface area (Å²) < 4.78 is 5.62. The highest BCUT2D eigenvalue weighted by Crippen LogP contribution is 2.19. The number of rotatable bonds is 5. The minimum Gasteiger partial charge on any atom is -0.376 e. The highest BCUT2D eigenvalue weighted by atomic mass is 16.5. The summed E-state index contributed by atoms with van der Waals surface area (Å²) in [5, 5.41) is 2.97. The number of carbonyl (C=O) groups is 1. The van der Waals surface area contributed by atoms with Crippen molar-refractivity contribution in [1.82, 2.24) is 15.3 Å². The van der Waals surface area contributed by atoms with Gasteiger partial charge in [0.05, 0.1) is 17.1 Å². The predicted molar refractivity (Wildman–Crippen MR) is 90.5 cm³/mol. The molecule has 1 aliphatic rings. The summed E-state index contributed by atoms with van der Waals surface area (Å²) in [5.41, 5.74) is 4.49. The summed E-state index contributed by atoms with van der Waals surface area (Å²) in [6.07, 6.45) is 4.63. The van der Waals surface area contributed by atoms with Crippen molar-refractivity contribution in [3.05, 3.63) is 29.1 Å². The topological polar surface area (TPSA) is 67.0 Å². The number of benzene rings is 1. The standard InChI is InChI=1S/C18H25N3O2/c1-12-6-7-15-18(13(12)2)21-16(20-15)8-9-17(22)19-11-14-5-3-4-10-23-14/h6-7,14H,3-5,8-11H2,1-2H3,(H,19,22)(H,20,21)/t14-/m0/s1. The molecule has 1 aliphatic heterocycles. The average Bonchev–Trinajstić information content (AvgIpc) is 2.99. The first-order valence-corrected chi connectivity index (χ1v) is 8.46. The number of amides is 1. The van der Waals surface area contributed by atoms with E-state index < -0.39 is 0 Å². The van der Waals surface area contributed by atoms with E-state index >= 15 is 0 Å². The first-order chi connectivity index (χ1) is 11.1. The minimum absolute atomic E-state index is 0.0625. The Morgan fingerprint density at radius 3 is 3.04 bits per heavy atom. The lowest BCUT2D eigenvalue weighted by atomic mass is 10.1. The van der Waals surface area contributed by atoms with Crippen LogP contribution < -0.4 is 5.32 Å². The normalized spacial score (nSPS) is 18.3. The molecule has 2 aromatic rings. The van der Waals surface area contributed by atoms with E-state index in [1.807, 2.05) is 0 Å². The van der Waals surface area contributed by atoms with Crippen molar-refractivity contribution in [3.63, 3.8) is 0 Å². The van der Waals surface area contributed by atoms with Crippen LogP contribution in [0.15, 0.2) is 12.1 Å². The quantitative estimate of drug-likeness (QED) is 0.891. The van der Waals surface area contributed by atoms with Crippen molar-refractivity contribution in [2.45, 2.75) is 52.1 Å². The molecule has 1 aromatic heterocycles. The highest BCUT2D eigenvalue weighted by molar-refractivity contribution is 5.80. The molecule has 1 saturated heterocycles. The minimum atomic E-state index is 0.0625. The van der Waals surface area contributed by atoms with E-state index in [0.29, 0.717) is 19.4 Å². The number of aromatic amines is 1. The second-order valence-electron chi connectivity index (χ2n) is 6.38. The zero-order valence-corrected chi connectivity index (χ0v) is 13.9. The monoisotopic (exact) mass is 315 g/mol. The smallest absolute Gasteiger partial charge is 0.220 e. The number of H-pyrrole nitrogens is 1. The second kappa shape index (κ2) is 7.13. The van der Waals surface area contributed by atoms with E-state index in [9.17, 15) is 4.79 Å². The van der Waals surface area contributed by atoms with Crippen molar-refractivity contribution in [2.24, 2.45) is 0 Å². The fraction of sp³-hybridized carbons (Fsp3) is 0.556. The molecule has 124 valence electrons. The van der Waals surface area contributed by atoms with E-state index in [1.54, 1.807) is 0 Å². The van der Waals surface area contributed by atoms with Gasteiger partial charge in [0.1, 0.15) is 5.82 Å². The molecule has 0 radical (unpaired) electrons. The van der Waals surface area contributed by atoms with Crippen LogP contribution in [0.4, 0.5) is 0 Å². The molecule has 0 bridgehead atoms. The molecule has 5 nitrogen and oxygen atoms in total. The van der Waals surface area contributed by atoms with Crippen LogP contribution in [0.3, 0.4) is 0 Å². The number of nitrogens with one attached hydrogen (secondary N) is 2. The summed E-state index contributed by atoms with van der Waals surface area (Å²) >= 11 is 0. The van der Waals surface area contributed by atoms with Crippen molar-refractivity contribution >= 4 is 16.9 Å². The molecule has 2 N–H and O–H groups in total. The Hall–Kier alpha value is -1.88. The van der Waals surface area contributed by atoms with Crippen LogP contribution in [0.1, 0.15) is 42.6 Å². The molecule has 23 heavy (non-hydrogen) atoms. The van der Waals surface area contributed by atoms with E-state index in [4.69, 9.17) is 4.74 Å². The largest absolute Gasteiger partial charge is 0.376 e. The van der Waals surface area contributed by atoms with Gasteiger partial charge in [0.2, 0.25) is 5.91 Å². The van der Waals surface area contributed by atoms with Gasteiger partial charge in [-0.3, -0.25) is 4.79 Å². The molecule has 2 heterocycles. The summed E-state index contributed by atoms with van der Waals surface area (Å²) in [5.74, 6) is 0.935. The number of carbonyl (C=O) groups excluding carboxylic acids is 1. The number of nitrogens with zero attached hydrogens (tertiary/aromatic N) is 1. The number of aromatic nitrogens is 2. The van der Waals surface area contributed by atoms with Gasteiger partial charge in [-0.15, -0.1) is 0 Å². The zero-order chi connectivity index (χ0) is 16.2. The van der Waals surface area contributed by atoms with Crippen molar-refractivity contribution in [1.29, 1.82) is 0 Å². The first-order valence-electron chi connectivity index (χ1n) is 8.46. The van der Waals surface area contributed by atoms with Crippen LogP contribution >= 0.6 is 0 Å².